The van der Waals surface area contributed by atoms with Gasteiger partial charge in [0.2, 0.25) is 0 Å². The lowest BCUT2D eigenvalue weighted by Crippen LogP contribution is -2.34. The van der Waals surface area contributed by atoms with Gasteiger partial charge in [0.05, 0.1) is 5.60 Å². The quantitative estimate of drug-likeness (QED) is 0.274. The molecule has 0 aromatic carbocycles. The molecule has 1 nitrogen and oxygen atoms in total. The van der Waals surface area contributed by atoms with Crippen molar-refractivity contribution in [1.82, 2.24) is 0 Å². The van der Waals surface area contributed by atoms with Gasteiger partial charge in [0.25, 0.3) is 0 Å². The van der Waals surface area contributed by atoms with Gasteiger partial charge in [0.15, 0.2) is 0 Å². The van der Waals surface area contributed by atoms with Crippen LogP contribution in [-0.4, -0.2) is 10.7 Å². The summed E-state index contributed by atoms with van der Waals surface area (Å²) < 4.78 is 0. The van der Waals surface area contributed by atoms with Gasteiger partial charge in [-0.2, -0.15) is 0 Å². The summed E-state index contributed by atoms with van der Waals surface area (Å²) in [6, 6.07) is 0. The first-order chi connectivity index (χ1) is 15.4. The second kappa shape index (κ2) is 14.1. The highest BCUT2D eigenvalue weighted by atomic mass is 16.3. The summed E-state index contributed by atoms with van der Waals surface area (Å²) in [7, 11) is 0. The molecule has 1 rings (SSSR count). The fourth-order valence-electron chi connectivity index (χ4n) is 5.07. The number of rotatable bonds is 13. The van der Waals surface area contributed by atoms with Gasteiger partial charge in [-0.1, -0.05) is 86.9 Å². The molecule has 1 saturated carbocycles. The van der Waals surface area contributed by atoms with Crippen molar-refractivity contribution in [2.75, 3.05) is 0 Å². The van der Waals surface area contributed by atoms with Crippen molar-refractivity contribution in [2.24, 2.45) is 23.7 Å². The molecule has 1 N–H and O–H groups in total. The smallest absolute Gasteiger partial charge is 0.0623 e. The van der Waals surface area contributed by atoms with E-state index in [-0.39, 0.29) is 0 Å². The minimum Gasteiger partial charge on any atom is -0.390 e. The third-order valence-corrected chi connectivity index (χ3v) is 8.37. The number of hydrogen-bond acceptors (Lipinski definition) is 1. The van der Waals surface area contributed by atoms with Gasteiger partial charge >= 0.3 is 0 Å². The summed E-state index contributed by atoms with van der Waals surface area (Å²) in [4.78, 5) is 0. The lowest BCUT2D eigenvalue weighted by Gasteiger charge is -2.42. The van der Waals surface area contributed by atoms with Gasteiger partial charge in [-0.05, 0) is 109 Å². The Morgan fingerprint density at radius 1 is 0.788 bits per heavy atom. The fraction of sp³-hybridized carbons (Fsp3) is 0.688. The molecule has 0 aromatic heterocycles. The summed E-state index contributed by atoms with van der Waals surface area (Å²) in [6.45, 7) is 26.6. The van der Waals surface area contributed by atoms with Crippen LogP contribution in [0.3, 0.4) is 0 Å². The zero-order valence-corrected chi connectivity index (χ0v) is 23.3. The third-order valence-electron chi connectivity index (χ3n) is 8.37. The Hall–Kier alpha value is -1.34. The van der Waals surface area contributed by atoms with Gasteiger partial charge in [-0.3, -0.25) is 0 Å². The maximum Gasteiger partial charge on any atom is 0.0623 e. The van der Waals surface area contributed by atoms with Crippen molar-refractivity contribution >= 4 is 0 Å². The topological polar surface area (TPSA) is 20.2 Å². The maximum atomic E-state index is 11.0. The molecule has 1 aliphatic rings. The Morgan fingerprint density at radius 2 is 1.27 bits per heavy atom. The molecule has 0 heterocycles. The van der Waals surface area contributed by atoms with E-state index >= 15 is 0 Å². The number of allylic oxidation sites excluding steroid dienone is 8. The van der Waals surface area contributed by atoms with Gasteiger partial charge in [-0.25, -0.2) is 0 Å². The van der Waals surface area contributed by atoms with Crippen LogP contribution >= 0.6 is 0 Å². The molecule has 33 heavy (non-hydrogen) atoms. The standard InChI is InChI=1S/C32H54O/c1-11-23(2)15-12-16-24(3)17-13-18-25(4)19-14-21-32(10,33)22-20-31-29(8)27(6)26(5)28(7)30(31)9/h15,17,19,26,28-29,31,33H,6,9,11-14,16,18,20-22H2,1-5,7-8,10H3/b23-15+,24-17+,25-19+. The molecule has 5 atom stereocenters. The molecule has 0 amide bonds. The van der Waals surface area contributed by atoms with Crippen LogP contribution in [0.5, 0.6) is 0 Å². The second-order valence-electron chi connectivity index (χ2n) is 11.3. The molecule has 0 radical (unpaired) electrons. The molecule has 188 valence electrons. The summed E-state index contributed by atoms with van der Waals surface area (Å²) in [5.74, 6) is 1.91. The lowest BCUT2D eigenvalue weighted by atomic mass is 9.63. The predicted octanol–water partition coefficient (Wildman–Crippen LogP) is 9.76. The molecular weight excluding hydrogens is 400 g/mol. The summed E-state index contributed by atoms with van der Waals surface area (Å²) in [6.07, 6.45) is 16.4. The van der Waals surface area contributed by atoms with Crippen molar-refractivity contribution in [3.63, 3.8) is 0 Å². The van der Waals surface area contributed by atoms with Crippen molar-refractivity contribution in [2.45, 2.75) is 119 Å². The molecule has 0 bridgehead atoms. The van der Waals surface area contributed by atoms with E-state index in [0.29, 0.717) is 23.7 Å². The van der Waals surface area contributed by atoms with E-state index in [0.717, 1.165) is 51.4 Å². The van der Waals surface area contributed by atoms with Gasteiger partial charge < -0.3 is 5.11 Å². The van der Waals surface area contributed by atoms with Crippen LogP contribution in [0.2, 0.25) is 0 Å². The first kappa shape index (κ1) is 29.7. The largest absolute Gasteiger partial charge is 0.390 e. The van der Waals surface area contributed by atoms with Gasteiger partial charge in [-0.15, -0.1) is 0 Å². The molecule has 0 spiro atoms. The van der Waals surface area contributed by atoms with Crippen LogP contribution < -0.4 is 0 Å². The van der Waals surface area contributed by atoms with E-state index in [9.17, 15) is 5.11 Å². The van der Waals surface area contributed by atoms with E-state index in [1.807, 2.05) is 6.92 Å². The highest BCUT2D eigenvalue weighted by Crippen LogP contribution is 2.46. The molecule has 1 aliphatic carbocycles. The van der Waals surface area contributed by atoms with E-state index in [1.54, 1.807) is 0 Å². The van der Waals surface area contributed by atoms with Crippen molar-refractivity contribution in [1.29, 1.82) is 0 Å². The molecule has 0 aromatic rings. The van der Waals surface area contributed by atoms with E-state index in [4.69, 9.17) is 0 Å². The molecule has 5 unspecified atom stereocenters. The summed E-state index contributed by atoms with van der Waals surface area (Å²) in [5, 5.41) is 11.0. The van der Waals surface area contributed by atoms with Crippen molar-refractivity contribution < 1.29 is 5.11 Å². The van der Waals surface area contributed by atoms with E-state index in [2.05, 4.69) is 79.9 Å². The van der Waals surface area contributed by atoms with Crippen molar-refractivity contribution in [3.8, 4) is 0 Å². The van der Waals surface area contributed by atoms with Crippen LogP contribution in [0.25, 0.3) is 0 Å². The average molecular weight is 455 g/mol. The first-order valence-corrected chi connectivity index (χ1v) is 13.5. The first-order valence-electron chi connectivity index (χ1n) is 13.5. The Bertz CT molecular complexity index is 730. The van der Waals surface area contributed by atoms with E-state index < -0.39 is 5.60 Å². The Balaban J connectivity index is 2.42. The highest BCUT2D eigenvalue weighted by molar-refractivity contribution is 5.24. The number of hydrogen-bond donors (Lipinski definition) is 1. The summed E-state index contributed by atoms with van der Waals surface area (Å²) >= 11 is 0. The van der Waals surface area contributed by atoms with Crippen LogP contribution in [0.1, 0.15) is 113 Å². The highest BCUT2D eigenvalue weighted by Gasteiger charge is 2.36. The Kier molecular flexibility index (Phi) is 12.7. The maximum absolute atomic E-state index is 11.0. The Morgan fingerprint density at radius 3 is 1.82 bits per heavy atom. The third kappa shape index (κ3) is 10.2. The van der Waals surface area contributed by atoms with Crippen LogP contribution in [0.4, 0.5) is 0 Å². The summed E-state index contributed by atoms with van der Waals surface area (Å²) in [5.41, 5.74) is 6.51. The zero-order valence-electron chi connectivity index (χ0n) is 23.3. The predicted molar refractivity (Wildman–Crippen MR) is 148 cm³/mol. The molecule has 0 saturated heterocycles. The molecule has 0 aliphatic heterocycles. The van der Waals surface area contributed by atoms with Crippen LogP contribution in [0.15, 0.2) is 59.3 Å². The average Bonchev–Trinajstić information content (AvgIpc) is 2.76. The lowest BCUT2D eigenvalue weighted by molar-refractivity contribution is 0.0347. The fourth-order valence-corrected chi connectivity index (χ4v) is 5.07. The second-order valence-corrected chi connectivity index (χ2v) is 11.3. The SMILES string of the molecule is C=C1C(C)C(C)C(=C)C(CCC(C)(O)CC/C=C(\C)CC/C=C(\C)CC/C=C(\C)CC)C1C. The number of aliphatic hydroxyl groups is 1. The minimum atomic E-state index is -0.620. The normalized spacial score (nSPS) is 27.1. The van der Waals surface area contributed by atoms with Gasteiger partial charge in [0, 0.05) is 0 Å². The molecular formula is C32H54O. The van der Waals surface area contributed by atoms with Crippen LogP contribution in [0, 0.1) is 23.7 Å². The molecule has 1 fully saturated rings. The monoisotopic (exact) mass is 454 g/mol. The molecule has 1 heteroatoms. The minimum absolute atomic E-state index is 0.448. The Labute approximate surface area is 206 Å². The van der Waals surface area contributed by atoms with Gasteiger partial charge in [0.1, 0.15) is 0 Å². The van der Waals surface area contributed by atoms with E-state index in [1.165, 1.54) is 34.3 Å². The van der Waals surface area contributed by atoms with Crippen molar-refractivity contribution in [3.05, 3.63) is 59.3 Å². The zero-order chi connectivity index (χ0) is 25.2. The van der Waals surface area contributed by atoms with Crippen LogP contribution in [-0.2, 0) is 0 Å².